The minimum absolute atomic E-state index is 0.0424. The summed E-state index contributed by atoms with van der Waals surface area (Å²) in [5.74, 6) is -0.559. The van der Waals surface area contributed by atoms with E-state index in [-0.39, 0.29) is 5.82 Å². The van der Waals surface area contributed by atoms with Crippen LogP contribution in [0.1, 0.15) is 20.8 Å². The van der Waals surface area contributed by atoms with Crippen LogP contribution in [0.15, 0.2) is 11.9 Å². The van der Waals surface area contributed by atoms with Crippen LogP contribution in [0, 0.1) is 0 Å². The van der Waals surface area contributed by atoms with Gasteiger partial charge < -0.3 is 16.2 Å². The predicted octanol–water partition coefficient (Wildman–Crippen LogP) is 0.0869. The minimum Gasteiger partial charge on any atom is -0.457 e. The monoisotopic (exact) mass is 158 g/mol. The molecule has 4 N–H and O–H groups in total. The first-order chi connectivity index (χ1) is 4.81. The lowest BCUT2D eigenvalue weighted by Crippen LogP contribution is -2.24. The summed E-state index contributed by atoms with van der Waals surface area (Å²) in [4.78, 5) is 10.8. The van der Waals surface area contributed by atoms with Gasteiger partial charge in [0.2, 0.25) is 0 Å². The first-order valence-electron chi connectivity index (χ1n) is 3.27. The highest BCUT2D eigenvalue weighted by Gasteiger charge is 2.14. The largest absolute Gasteiger partial charge is 0.457 e. The van der Waals surface area contributed by atoms with Crippen molar-refractivity contribution in [1.82, 2.24) is 0 Å². The Kier molecular flexibility index (Phi) is 2.92. The second kappa shape index (κ2) is 3.27. The number of carbonyl (C=O) groups is 1. The second-order valence-electron chi connectivity index (χ2n) is 3.18. The Bertz CT molecular complexity index is 175. The minimum atomic E-state index is -0.516. The van der Waals surface area contributed by atoms with Crippen molar-refractivity contribution in [3.63, 3.8) is 0 Å². The summed E-state index contributed by atoms with van der Waals surface area (Å²) < 4.78 is 4.87. The number of rotatable bonds is 1. The zero-order valence-electron chi connectivity index (χ0n) is 7.05. The summed E-state index contributed by atoms with van der Waals surface area (Å²) in [6, 6.07) is 0. The van der Waals surface area contributed by atoms with E-state index in [2.05, 4.69) is 0 Å². The van der Waals surface area contributed by atoms with Gasteiger partial charge in [0.25, 0.3) is 0 Å². The van der Waals surface area contributed by atoms with Gasteiger partial charge in [-0.25, -0.2) is 4.79 Å². The quantitative estimate of drug-likeness (QED) is 0.418. The first kappa shape index (κ1) is 9.81. The van der Waals surface area contributed by atoms with E-state index in [4.69, 9.17) is 16.2 Å². The molecule has 0 spiro atoms. The van der Waals surface area contributed by atoms with Crippen LogP contribution in [0.4, 0.5) is 0 Å². The van der Waals surface area contributed by atoms with Gasteiger partial charge in [-0.05, 0) is 20.8 Å². The van der Waals surface area contributed by atoms with Gasteiger partial charge in [-0.1, -0.05) is 0 Å². The molecule has 0 aromatic carbocycles. The Balaban J connectivity index is 4.00. The van der Waals surface area contributed by atoms with E-state index in [9.17, 15) is 4.79 Å². The molecule has 0 atom stereocenters. The third-order valence-corrected chi connectivity index (χ3v) is 0.691. The fourth-order valence-corrected chi connectivity index (χ4v) is 0.467. The van der Waals surface area contributed by atoms with E-state index < -0.39 is 11.6 Å². The molecule has 0 amide bonds. The predicted molar refractivity (Wildman–Crippen MR) is 42.3 cm³/mol. The zero-order valence-corrected chi connectivity index (χ0v) is 7.05. The lowest BCUT2D eigenvalue weighted by molar-refractivity contribution is -0.148. The van der Waals surface area contributed by atoms with Gasteiger partial charge in [-0.3, -0.25) is 0 Å². The molecule has 0 aromatic rings. The molecule has 0 rings (SSSR count). The summed E-state index contributed by atoms with van der Waals surface area (Å²) in [5.41, 5.74) is 9.60. The molecule has 0 aromatic heterocycles. The summed E-state index contributed by atoms with van der Waals surface area (Å²) in [6.45, 7) is 5.31. The molecule has 0 aliphatic rings. The third-order valence-electron chi connectivity index (χ3n) is 0.691. The lowest BCUT2D eigenvalue weighted by Gasteiger charge is -2.17. The summed E-state index contributed by atoms with van der Waals surface area (Å²) in [7, 11) is 0. The molecule has 0 bridgehead atoms. The molecule has 11 heavy (non-hydrogen) atoms. The number of esters is 1. The van der Waals surface area contributed by atoms with Crippen molar-refractivity contribution in [1.29, 1.82) is 0 Å². The molecule has 0 heterocycles. The maximum absolute atomic E-state index is 10.8. The molecule has 0 fully saturated rings. The second-order valence-corrected chi connectivity index (χ2v) is 3.18. The Morgan fingerprint density at radius 3 is 2.09 bits per heavy atom. The van der Waals surface area contributed by atoms with Crippen molar-refractivity contribution in [2.45, 2.75) is 26.4 Å². The summed E-state index contributed by atoms with van der Waals surface area (Å²) in [5, 5.41) is 0. The topological polar surface area (TPSA) is 78.3 Å². The Morgan fingerprint density at radius 2 is 1.82 bits per heavy atom. The molecule has 0 radical (unpaired) electrons. The van der Waals surface area contributed by atoms with E-state index in [0.717, 1.165) is 6.08 Å². The van der Waals surface area contributed by atoms with Gasteiger partial charge in [-0.2, -0.15) is 0 Å². The van der Waals surface area contributed by atoms with Crippen LogP contribution < -0.4 is 11.5 Å². The molecular formula is C7H14N2O2. The van der Waals surface area contributed by atoms with Crippen molar-refractivity contribution in [2.24, 2.45) is 11.5 Å². The van der Waals surface area contributed by atoms with Crippen molar-refractivity contribution in [3.05, 3.63) is 11.9 Å². The molecule has 64 valence electrons. The fourth-order valence-electron chi connectivity index (χ4n) is 0.467. The third kappa shape index (κ3) is 6.70. The van der Waals surface area contributed by atoms with Crippen LogP contribution in [-0.2, 0) is 9.53 Å². The van der Waals surface area contributed by atoms with Crippen molar-refractivity contribution < 1.29 is 9.53 Å². The highest BCUT2D eigenvalue weighted by atomic mass is 16.6. The van der Waals surface area contributed by atoms with Crippen molar-refractivity contribution in [3.8, 4) is 0 Å². The Hall–Kier alpha value is -1.19. The smallest absolute Gasteiger partial charge is 0.334 e. The van der Waals surface area contributed by atoms with Crippen LogP contribution in [0.25, 0.3) is 0 Å². The molecular weight excluding hydrogens is 144 g/mol. The molecule has 0 aliphatic heterocycles. The van der Waals surface area contributed by atoms with Gasteiger partial charge in [0, 0.05) is 0 Å². The van der Waals surface area contributed by atoms with Crippen molar-refractivity contribution >= 4 is 5.97 Å². The molecule has 4 nitrogen and oxygen atoms in total. The first-order valence-corrected chi connectivity index (χ1v) is 3.27. The average molecular weight is 158 g/mol. The number of ether oxygens (including phenoxy) is 1. The summed E-state index contributed by atoms with van der Waals surface area (Å²) in [6.07, 6.45) is 1.05. The number of hydrogen-bond acceptors (Lipinski definition) is 4. The van der Waals surface area contributed by atoms with E-state index in [1.807, 2.05) is 0 Å². The number of nitrogens with two attached hydrogens (primary N) is 2. The molecule has 0 saturated heterocycles. The highest BCUT2D eigenvalue weighted by Crippen LogP contribution is 2.06. The van der Waals surface area contributed by atoms with Gasteiger partial charge >= 0.3 is 5.97 Å². The fraction of sp³-hybridized carbons (Fsp3) is 0.571. The lowest BCUT2D eigenvalue weighted by atomic mass is 10.2. The molecule has 0 unspecified atom stereocenters. The van der Waals surface area contributed by atoms with E-state index >= 15 is 0 Å². The van der Waals surface area contributed by atoms with E-state index in [0.29, 0.717) is 0 Å². The normalized spacial score (nSPS) is 10.5. The SMILES string of the molecule is CC(C)(C)OC(=O)C=C(N)N. The van der Waals surface area contributed by atoms with Gasteiger partial charge in [-0.15, -0.1) is 0 Å². The van der Waals surface area contributed by atoms with E-state index in [1.54, 1.807) is 20.8 Å². The van der Waals surface area contributed by atoms with Crippen LogP contribution in [0.2, 0.25) is 0 Å². The van der Waals surface area contributed by atoms with Crippen LogP contribution in [0.5, 0.6) is 0 Å². The molecule has 4 heteroatoms. The number of hydrogen-bond donors (Lipinski definition) is 2. The maximum atomic E-state index is 10.8. The average Bonchev–Trinajstić information content (AvgIpc) is 1.53. The Labute approximate surface area is 66.2 Å². The highest BCUT2D eigenvalue weighted by molar-refractivity contribution is 5.82. The van der Waals surface area contributed by atoms with Gasteiger partial charge in [0.05, 0.1) is 6.08 Å². The number of carbonyl (C=O) groups excluding carboxylic acids is 1. The maximum Gasteiger partial charge on any atom is 0.334 e. The van der Waals surface area contributed by atoms with Crippen LogP contribution in [-0.4, -0.2) is 11.6 Å². The van der Waals surface area contributed by atoms with E-state index in [1.165, 1.54) is 0 Å². The van der Waals surface area contributed by atoms with Crippen molar-refractivity contribution in [2.75, 3.05) is 0 Å². The van der Waals surface area contributed by atoms with Crippen LogP contribution in [0.3, 0.4) is 0 Å². The summed E-state index contributed by atoms with van der Waals surface area (Å²) >= 11 is 0. The van der Waals surface area contributed by atoms with Gasteiger partial charge in [0.15, 0.2) is 0 Å². The van der Waals surface area contributed by atoms with Gasteiger partial charge in [0.1, 0.15) is 11.4 Å². The Morgan fingerprint density at radius 1 is 1.36 bits per heavy atom. The molecule has 0 saturated carbocycles. The zero-order chi connectivity index (χ0) is 9.07. The van der Waals surface area contributed by atoms with Crippen LogP contribution >= 0.6 is 0 Å². The standard InChI is InChI=1S/C7H14N2O2/c1-7(2,3)11-6(10)4-5(8)9/h4H,8-9H2,1-3H3. The molecule has 0 aliphatic carbocycles.